The Morgan fingerprint density at radius 3 is 1.23 bits per heavy atom. The molecule has 12 aromatic rings. The average Bonchev–Trinajstić information content (AvgIpc) is 3.88. The molecule has 0 saturated carbocycles. The van der Waals surface area contributed by atoms with Gasteiger partial charge in [0.2, 0.25) is 0 Å². The van der Waals surface area contributed by atoms with Crippen molar-refractivity contribution in [1.82, 2.24) is 29.1 Å². The normalized spacial score (nSPS) is 11.5. The Morgan fingerprint density at radius 2 is 0.694 bits per heavy atom. The van der Waals surface area contributed by atoms with E-state index in [-0.39, 0.29) is 0 Å². The molecule has 62 heavy (non-hydrogen) atoms. The van der Waals surface area contributed by atoms with Crippen LogP contribution in [0.15, 0.2) is 218 Å². The lowest BCUT2D eigenvalue weighted by molar-refractivity contribution is 1.07. The predicted molar refractivity (Wildman–Crippen MR) is 253 cm³/mol. The maximum absolute atomic E-state index is 5.39. The summed E-state index contributed by atoms with van der Waals surface area (Å²) in [7, 11) is 0. The minimum absolute atomic E-state index is 0.626. The molecule has 6 heteroatoms. The maximum Gasteiger partial charge on any atom is 0.164 e. The lowest BCUT2D eigenvalue weighted by atomic mass is 10.0. The van der Waals surface area contributed by atoms with Gasteiger partial charge in [-0.15, -0.1) is 0 Å². The van der Waals surface area contributed by atoms with Gasteiger partial charge in [-0.1, -0.05) is 158 Å². The lowest BCUT2D eigenvalue weighted by Crippen LogP contribution is -2.00. The molecule has 0 fully saturated rings. The summed E-state index contributed by atoms with van der Waals surface area (Å²) in [5.74, 6) is 2.78. The molecule has 4 heterocycles. The van der Waals surface area contributed by atoms with E-state index in [2.05, 4.69) is 161 Å². The summed E-state index contributed by atoms with van der Waals surface area (Å²) in [6, 6.07) is 76.2. The summed E-state index contributed by atoms with van der Waals surface area (Å²) in [4.78, 5) is 20.3. The van der Waals surface area contributed by atoms with E-state index in [1.807, 2.05) is 66.7 Å². The number of aromatic nitrogens is 6. The van der Waals surface area contributed by atoms with E-state index in [1.54, 1.807) is 0 Å². The Morgan fingerprint density at radius 1 is 0.274 bits per heavy atom. The highest BCUT2D eigenvalue weighted by Gasteiger charge is 2.22. The largest absolute Gasteiger partial charge is 0.309 e. The van der Waals surface area contributed by atoms with Gasteiger partial charge < -0.3 is 4.57 Å². The highest BCUT2D eigenvalue weighted by atomic mass is 15.1. The Hall–Kier alpha value is -8.48. The van der Waals surface area contributed by atoms with Crippen LogP contribution < -0.4 is 0 Å². The summed E-state index contributed by atoms with van der Waals surface area (Å²) < 4.78 is 4.71. The highest BCUT2D eigenvalue weighted by Crippen LogP contribution is 2.43. The molecule has 0 aliphatic rings. The van der Waals surface area contributed by atoms with Gasteiger partial charge in [-0.2, -0.15) is 0 Å². The number of nitrogens with zero attached hydrogens (tertiary/aromatic N) is 6. The van der Waals surface area contributed by atoms with E-state index in [9.17, 15) is 0 Å². The molecule has 0 unspecified atom stereocenters. The van der Waals surface area contributed by atoms with Crippen molar-refractivity contribution in [3.8, 4) is 68.1 Å². The average molecular weight is 793 g/mol. The van der Waals surface area contributed by atoms with Gasteiger partial charge in [0.05, 0.1) is 27.8 Å². The number of benzene rings is 8. The first-order valence-electron chi connectivity index (χ1n) is 20.8. The van der Waals surface area contributed by atoms with Crippen LogP contribution in [0, 0.1) is 0 Å². The van der Waals surface area contributed by atoms with Crippen LogP contribution in [-0.2, 0) is 0 Å². The fourth-order valence-corrected chi connectivity index (χ4v) is 8.93. The van der Waals surface area contributed by atoms with Crippen molar-refractivity contribution in [2.75, 3.05) is 0 Å². The van der Waals surface area contributed by atoms with Crippen molar-refractivity contribution in [3.63, 3.8) is 0 Å². The van der Waals surface area contributed by atoms with Crippen molar-refractivity contribution in [1.29, 1.82) is 0 Å². The van der Waals surface area contributed by atoms with E-state index in [4.69, 9.17) is 19.9 Å². The molecule has 0 radical (unpaired) electrons. The Labute approximate surface area is 357 Å². The van der Waals surface area contributed by atoms with Gasteiger partial charge in [-0.3, -0.25) is 4.57 Å². The Kier molecular flexibility index (Phi) is 8.38. The zero-order valence-electron chi connectivity index (χ0n) is 33.5. The predicted octanol–water partition coefficient (Wildman–Crippen LogP) is 13.8. The number of para-hydroxylation sites is 2. The monoisotopic (exact) mass is 792 g/mol. The smallest absolute Gasteiger partial charge is 0.164 e. The molecule has 0 spiro atoms. The molecule has 0 N–H and O–H groups in total. The number of pyridine rings is 1. The molecule has 0 atom stereocenters. The van der Waals surface area contributed by atoms with Crippen LogP contribution in [-0.4, -0.2) is 29.1 Å². The van der Waals surface area contributed by atoms with Crippen LogP contribution >= 0.6 is 0 Å². The molecular weight excluding hydrogens is 757 g/mol. The number of hydrogen-bond acceptors (Lipinski definition) is 4. The van der Waals surface area contributed by atoms with Gasteiger partial charge in [0.1, 0.15) is 5.82 Å². The number of rotatable bonds is 7. The molecule has 8 aromatic carbocycles. The van der Waals surface area contributed by atoms with Crippen molar-refractivity contribution in [2.45, 2.75) is 0 Å². The van der Waals surface area contributed by atoms with Gasteiger partial charge in [0.25, 0.3) is 0 Å². The topological polar surface area (TPSA) is 61.4 Å². The van der Waals surface area contributed by atoms with Crippen LogP contribution in [0.1, 0.15) is 0 Å². The van der Waals surface area contributed by atoms with Gasteiger partial charge >= 0.3 is 0 Å². The minimum atomic E-state index is 0.626. The van der Waals surface area contributed by atoms with Crippen molar-refractivity contribution < 1.29 is 0 Å². The fourth-order valence-electron chi connectivity index (χ4n) is 8.93. The van der Waals surface area contributed by atoms with E-state index >= 15 is 0 Å². The van der Waals surface area contributed by atoms with Crippen LogP contribution in [0.25, 0.3) is 112 Å². The second-order valence-corrected chi connectivity index (χ2v) is 15.5. The maximum atomic E-state index is 5.39. The van der Waals surface area contributed by atoms with Crippen molar-refractivity contribution >= 4 is 43.6 Å². The van der Waals surface area contributed by atoms with Gasteiger partial charge in [-0.05, 0) is 71.8 Å². The summed E-state index contributed by atoms with van der Waals surface area (Å²) in [6.07, 6.45) is 0. The third-order valence-corrected chi connectivity index (χ3v) is 11.8. The van der Waals surface area contributed by atoms with E-state index in [0.717, 1.165) is 72.6 Å². The summed E-state index contributed by atoms with van der Waals surface area (Å²) in [5, 5.41) is 4.77. The van der Waals surface area contributed by atoms with Crippen molar-refractivity contribution in [3.05, 3.63) is 218 Å². The van der Waals surface area contributed by atoms with E-state index < -0.39 is 0 Å². The summed E-state index contributed by atoms with van der Waals surface area (Å²) in [5.41, 5.74) is 12.6. The van der Waals surface area contributed by atoms with Gasteiger partial charge in [0, 0.05) is 49.5 Å². The molecule has 12 rings (SSSR count). The Bertz CT molecular complexity index is 3480. The van der Waals surface area contributed by atoms with Crippen LogP contribution in [0.2, 0.25) is 0 Å². The first-order valence-corrected chi connectivity index (χ1v) is 20.8. The first-order chi connectivity index (χ1) is 30.7. The van der Waals surface area contributed by atoms with Crippen LogP contribution in [0.4, 0.5) is 0 Å². The molecule has 0 aliphatic carbocycles. The summed E-state index contributed by atoms with van der Waals surface area (Å²) in [6.45, 7) is 0. The molecule has 0 amide bonds. The molecular formula is C56H36N6. The molecule has 6 nitrogen and oxygen atoms in total. The standard InChI is InChI=1S/C56H36N6/c1-5-17-37(18-6-1)42-35-46(38-19-7-2-8-20-38)57-51(36-42)62-48-28-16-14-26-45(48)53-50(62)34-33-49-52(53)44-25-13-15-27-47(44)61(49)43-31-29-41(30-32-43)56-59-54(39-21-9-3-10-22-39)58-55(60-56)40-23-11-4-12-24-40/h1-36H. The van der Waals surface area contributed by atoms with E-state index in [1.165, 1.54) is 21.5 Å². The summed E-state index contributed by atoms with van der Waals surface area (Å²) >= 11 is 0. The Balaban J connectivity index is 1.04. The van der Waals surface area contributed by atoms with Gasteiger partial charge in [0.15, 0.2) is 17.5 Å². The lowest BCUT2D eigenvalue weighted by Gasteiger charge is -2.13. The van der Waals surface area contributed by atoms with Crippen molar-refractivity contribution in [2.24, 2.45) is 0 Å². The highest BCUT2D eigenvalue weighted by molar-refractivity contribution is 6.28. The molecule has 0 aliphatic heterocycles. The second kappa shape index (κ2) is 14.7. The van der Waals surface area contributed by atoms with Crippen LogP contribution in [0.3, 0.4) is 0 Å². The first kappa shape index (κ1) is 35.5. The fraction of sp³-hybridized carbons (Fsp3) is 0. The third-order valence-electron chi connectivity index (χ3n) is 11.8. The molecule has 0 bridgehead atoms. The molecule has 4 aromatic heterocycles. The number of fused-ring (bicyclic) bond motifs is 7. The molecule has 290 valence electrons. The zero-order chi connectivity index (χ0) is 41.0. The zero-order valence-corrected chi connectivity index (χ0v) is 33.5. The third kappa shape index (κ3) is 5.96. The number of hydrogen-bond donors (Lipinski definition) is 0. The van der Waals surface area contributed by atoms with E-state index in [0.29, 0.717) is 17.5 Å². The quantitative estimate of drug-likeness (QED) is 0.161. The SMILES string of the molecule is c1ccc(-c2cc(-c3ccccc3)nc(-n3c4ccccc4c4c5c6ccccc6n(-c6ccc(-c7nc(-c8ccccc8)nc(-c8ccccc8)n7)cc6)c5ccc43)c2)cc1. The second-order valence-electron chi connectivity index (χ2n) is 15.5. The molecule has 0 saturated heterocycles. The van der Waals surface area contributed by atoms with Crippen LogP contribution in [0.5, 0.6) is 0 Å². The minimum Gasteiger partial charge on any atom is -0.309 e. The van der Waals surface area contributed by atoms with Gasteiger partial charge in [-0.25, -0.2) is 19.9 Å².